The second-order valence-electron chi connectivity index (χ2n) is 8.55. The molecule has 2 aromatic carbocycles. The van der Waals surface area contributed by atoms with E-state index < -0.39 is 0 Å². The first-order valence-electron chi connectivity index (χ1n) is 12.0. The summed E-state index contributed by atoms with van der Waals surface area (Å²) in [5.41, 5.74) is 4.05. The number of anilines is 3. The number of ether oxygens (including phenoxy) is 4. The molecule has 0 amide bonds. The fraction of sp³-hybridized carbons (Fsp3) is 0.346. The number of morpholine rings is 1. The van der Waals surface area contributed by atoms with E-state index in [0.717, 1.165) is 61.3 Å². The molecule has 1 aliphatic rings. The van der Waals surface area contributed by atoms with Crippen LogP contribution in [-0.2, 0) is 4.74 Å². The van der Waals surface area contributed by atoms with E-state index in [1.807, 2.05) is 12.1 Å². The largest absolute Gasteiger partial charge is 0.493 e. The Morgan fingerprint density at radius 2 is 1.81 bits per heavy atom. The zero-order valence-electron chi connectivity index (χ0n) is 21.1. The third-order valence-electron chi connectivity index (χ3n) is 6.35. The van der Waals surface area contributed by atoms with Gasteiger partial charge in [0.05, 0.1) is 62.3 Å². The molecule has 0 bridgehead atoms. The van der Waals surface area contributed by atoms with E-state index >= 15 is 0 Å². The van der Waals surface area contributed by atoms with Crippen molar-refractivity contribution >= 4 is 39.3 Å². The minimum absolute atomic E-state index is 0.403. The lowest BCUT2D eigenvalue weighted by Gasteiger charge is -2.26. The van der Waals surface area contributed by atoms with E-state index in [0.29, 0.717) is 40.1 Å². The summed E-state index contributed by atoms with van der Waals surface area (Å²) in [6, 6.07) is 9.68. The number of methoxy groups -OCH3 is 3. The monoisotopic (exact) mass is 503 g/mol. The van der Waals surface area contributed by atoms with Crippen molar-refractivity contribution in [2.75, 3.05) is 71.4 Å². The van der Waals surface area contributed by atoms with E-state index in [1.54, 1.807) is 39.7 Å². The molecule has 37 heavy (non-hydrogen) atoms. The zero-order valence-corrected chi connectivity index (χ0v) is 21.1. The summed E-state index contributed by atoms with van der Waals surface area (Å²) in [6.07, 6.45) is 1.56. The molecule has 1 saturated heterocycles. The predicted octanol–water partition coefficient (Wildman–Crippen LogP) is 3.50. The van der Waals surface area contributed by atoms with E-state index in [1.165, 1.54) is 0 Å². The molecule has 3 heterocycles. The lowest BCUT2D eigenvalue weighted by atomic mass is 10.1. The van der Waals surface area contributed by atoms with Crippen LogP contribution in [0.25, 0.3) is 21.9 Å². The van der Waals surface area contributed by atoms with Crippen molar-refractivity contribution in [3.05, 3.63) is 36.0 Å². The molecule has 0 saturated carbocycles. The first-order valence-corrected chi connectivity index (χ1v) is 12.0. The number of aromatic nitrogens is 3. The highest BCUT2D eigenvalue weighted by Crippen LogP contribution is 2.41. The van der Waals surface area contributed by atoms with Crippen molar-refractivity contribution in [2.24, 2.45) is 0 Å². The maximum Gasteiger partial charge on any atom is 0.203 e. The van der Waals surface area contributed by atoms with Gasteiger partial charge in [0.15, 0.2) is 11.5 Å². The Hall–Kier alpha value is -4.27. The molecule has 0 spiro atoms. The second-order valence-corrected chi connectivity index (χ2v) is 8.55. The van der Waals surface area contributed by atoms with Crippen molar-refractivity contribution in [1.29, 1.82) is 5.26 Å². The van der Waals surface area contributed by atoms with Gasteiger partial charge in [-0.3, -0.25) is 9.88 Å². The number of hydrogen-bond donors (Lipinski definition) is 3. The van der Waals surface area contributed by atoms with Crippen LogP contribution in [0.5, 0.6) is 17.2 Å². The van der Waals surface area contributed by atoms with Gasteiger partial charge in [-0.25, -0.2) is 4.98 Å². The Kier molecular flexibility index (Phi) is 7.11. The van der Waals surface area contributed by atoms with E-state index in [2.05, 4.69) is 31.6 Å². The van der Waals surface area contributed by atoms with Crippen LogP contribution in [0.1, 0.15) is 5.56 Å². The van der Waals surface area contributed by atoms with Crippen LogP contribution in [0.2, 0.25) is 0 Å². The number of H-pyrrole nitrogens is 1. The fourth-order valence-corrected chi connectivity index (χ4v) is 4.45. The van der Waals surface area contributed by atoms with E-state index in [4.69, 9.17) is 23.9 Å². The third-order valence-corrected chi connectivity index (χ3v) is 6.35. The van der Waals surface area contributed by atoms with Gasteiger partial charge in [-0.2, -0.15) is 5.26 Å². The average Bonchev–Trinajstić information content (AvgIpc) is 3.33. The Morgan fingerprint density at radius 1 is 1.05 bits per heavy atom. The van der Waals surface area contributed by atoms with Crippen molar-refractivity contribution in [3.63, 3.8) is 0 Å². The normalized spacial score (nSPS) is 13.9. The van der Waals surface area contributed by atoms with Gasteiger partial charge in [0.2, 0.25) is 11.7 Å². The van der Waals surface area contributed by atoms with Crippen molar-refractivity contribution in [2.45, 2.75) is 0 Å². The number of imidazole rings is 1. The molecule has 4 aromatic rings. The lowest BCUT2D eigenvalue weighted by molar-refractivity contribution is 0.0398. The zero-order chi connectivity index (χ0) is 25.8. The van der Waals surface area contributed by atoms with Gasteiger partial charge in [-0.1, -0.05) is 0 Å². The molecular formula is C26H29N7O4. The van der Waals surface area contributed by atoms with E-state index in [9.17, 15) is 5.26 Å². The van der Waals surface area contributed by atoms with Crippen LogP contribution in [0.4, 0.5) is 17.3 Å². The molecule has 11 heteroatoms. The topological polar surface area (TPSA) is 130 Å². The van der Waals surface area contributed by atoms with Crippen LogP contribution in [0.3, 0.4) is 0 Å². The molecule has 0 atom stereocenters. The molecule has 0 unspecified atom stereocenters. The maximum absolute atomic E-state index is 9.82. The molecule has 2 aromatic heterocycles. The number of aromatic amines is 1. The number of nitrogens with zero attached hydrogens (tertiary/aromatic N) is 4. The lowest BCUT2D eigenvalue weighted by Crippen LogP contribution is -2.39. The molecule has 1 fully saturated rings. The maximum atomic E-state index is 9.82. The van der Waals surface area contributed by atoms with Crippen LogP contribution >= 0.6 is 0 Å². The summed E-state index contributed by atoms with van der Waals surface area (Å²) in [5, 5.41) is 17.3. The van der Waals surface area contributed by atoms with Crippen LogP contribution in [0.15, 0.2) is 30.5 Å². The highest BCUT2D eigenvalue weighted by Gasteiger charge is 2.17. The minimum atomic E-state index is 0.403. The number of hydrogen-bond acceptors (Lipinski definition) is 10. The second kappa shape index (κ2) is 10.8. The average molecular weight is 504 g/mol. The number of rotatable bonds is 9. The van der Waals surface area contributed by atoms with Gasteiger partial charge in [0.1, 0.15) is 6.07 Å². The van der Waals surface area contributed by atoms with E-state index in [-0.39, 0.29) is 0 Å². The molecule has 192 valence electrons. The Labute approximate surface area is 214 Å². The SMILES string of the molecule is COc1cc(Nc2c(C#N)cnc3cc4[nH]c(NCCN5CCOCC5)nc4cc23)cc(OC)c1OC. The summed E-state index contributed by atoms with van der Waals surface area (Å²) < 4.78 is 21.8. The molecular weight excluding hydrogens is 474 g/mol. The number of pyridine rings is 1. The van der Waals surface area contributed by atoms with Crippen molar-refractivity contribution in [3.8, 4) is 23.3 Å². The fourth-order valence-electron chi connectivity index (χ4n) is 4.45. The first-order chi connectivity index (χ1) is 18.1. The van der Waals surface area contributed by atoms with Crippen molar-refractivity contribution < 1.29 is 18.9 Å². The molecule has 1 aliphatic heterocycles. The van der Waals surface area contributed by atoms with Gasteiger partial charge < -0.3 is 34.6 Å². The van der Waals surface area contributed by atoms with Crippen LogP contribution < -0.4 is 24.8 Å². The summed E-state index contributed by atoms with van der Waals surface area (Å²) >= 11 is 0. The molecule has 5 rings (SSSR count). The summed E-state index contributed by atoms with van der Waals surface area (Å²) in [6.45, 7) is 5.13. The highest BCUT2D eigenvalue weighted by atomic mass is 16.5. The Balaban J connectivity index is 1.46. The third kappa shape index (κ3) is 5.02. The van der Waals surface area contributed by atoms with Gasteiger partial charge >= 0.3 is 0 Å². The van der Waals surface area contributed by atoms with Gasteiger partial charge in [-0.05, 0) is 12.1 Å². The Morgan fingerprint density at radius 3 is 2.49 bits per heavy atom. The standard InChI is InChI=1S/C26H29N7O4/c1-34-22-10-17(11-23(35-2)25(22)36-3)30-24-16(14-27)15-29-19-13-21-20(12-18(19)24)31-26(32-21)28-4-5-33-6-8-37-9-7-33/h10-13,15H,4-9H2,1-3H3,(H,29,30)(H2,28,31,32). The highest BCUT2D eigenvalue weighted by molar-refractivity contribution is 6.02. The van der Waals surface area contributed by atoms with Gasteiger partial charge in [-0.15, -0.1) is 0 Å². The Bertz CT molecular complexity index is 1430. The van der Waals surface area contributed by atoms with Crippen LogP contribution in [0, 0.1) is 11.3 Å². The van der Waals surface area contributed by atoms with Crippen LogP contribution in [-0.4, -0.2) is 80.6 Å². The summed E-state index contributed by atoms with van der Waals surface area (Å²) in [5.74, 6) is 2.19. The minimum Gasteiger partial charge on any atom is -0.493 e. The summed E-state index contributed by atoms with van der Waals surface area (Å²) in [7, 11) is 4.67. The number of benzene rings is 2. The molecule has 0 aliphatic carbocycles. The number of fused-ring (bicyclic) bond motifs is 2. The molecule has 0 radical (unpaired) electrons. The smallest absolute Gasteiger partial charge is 0.203 e. The van der Waals surface area contributed by atoms with Gasteiger partial charge in [0, 0.05) is 55.6 Å². The predicted molar refractivity (Wildman–Crippen MR) is 141 cm³/mol. The van der Waals surface area contributed by atoms with Gasteiger partial charge in [0.25, 0.3) is 0 Å². The number of nitriles is 1. The molecule has 11 nitrogen and oxygen atoms in total. The number of nitrogens with one attached hydrogen (secondary N) is 3. The quantitative estimate of drug-likeness (QED) is 0.312. The first kappa shape index (κ1) is 24.4. The summed E-state index contributed by atoms with van der Waals surface area (Å²) in [4.78, 5) is 14.9. The van der Waals surface area contributed by atoms with Crippen molar-refractivity contribution in [1.82, 2.24) is 19.9 Å². The molecule has 3 N–H and O–H groups in total.